The van der Waals surface area contributed by atoms with Crippen LogP contribution in [0.1, 0.15) is 10.4 Å². The molecule has 1 aromatic heterocycles. The fraction of sp³-hybridized carbons (Fsp3) is 0. The molecule has 0 spiro atoms. The summed E-state index contributed by atoms with van der Waals surface area (Å²) in [6.07, 6.45) is 0. The number of aromatic hydroxyl groups is 1. The van der Waals surface area contributed by atoms with Gasteiger partial charge in [0.25, 0.3) is 0 Å². The molecule has 0 fully saturated rings. The first-order chi connectivity index (χ1) is 10.6. The number of rotatable bonds is 3. The molecular weight excluding hydrogens is 287 g/mol. The average molecular weight is 298 g/mol. The van der Waals surface area contributed by atoms with Crippen LogP contribution in [0.15, 0.2) is 48.5 Å². The summed E-state index contributed by atoms with van der Waals surface area (Å²) in [6.45, 7) is 0. The minimum atomic E-state index is -1.04. The van der Waals surface area contributed by atoms with Crippen LogP contribution in [0.2, 0.25) is 0 Å². The number of nitrogens with zero attached hydrogens (tertiary/aromatic N) is 1. The van der Waals surface area contributed by atoms with Gasteiger partial charge in [0, 0.05) is 5.56 Å². The number of H-pyrrole nitrogens is 1. The lowest BCUT2D eigenvalue weighted by Gasteiger charge is -2.02. The van der Waals surface area contributed by atoms with Crippen LogP contribution < -0.4 is 0 Å². The monoisotopic (exact) mass is 298 g/mol. The van der Waals surface area contributed by atoms with Gasteiger partial charge in [0.2, 0.25) is 0 Å². The standard InChI is InChI=1S/C16H11FN2O3/c17-11-5-2-6-14(20)15(11)13-8-12(18-19-13)9-3-1-4-10(7-9)16(21)22/h1-8,20H,(H,18,19)(H,21,22). The molecule has 0 aliphatic heterocycles. The Bertz CT molecular complexity index is 838. The lowest BCUT2D eigenvalue weighted by Crippen LogP contribution is -1.95. The number of phenolic OH excluding ortho intramolecular Hbond substituents is 1. The van der Waals surface area contributed by atoms with Gasteiger partial charge in [-0.25, -0.2) is 9.18 Å². The van der Waals surface area contributed by atoms with Crippen molar-refractivity contribution in [1.29, 1.82) is 0 Å². The Balaban J connectivity index is 2.05. The predicted molar refractivity (Wildman–Crippen MR) is 78.0 cm³/mol. The third-order valence-corrected chi connectivity index (χ3v) is 3.24. The van der Waals surface area contributed by atoms with Crippen molar-refractivity contribution < 1.29 is 19.4 Å². The lowest BCUT2D eigenvalue weighted by atomic mass is 10.1. The van der Waals surface area contributed by atoms with Gasteiger partial charge in [-0.3, -0.25) is 5.10 Å². The van der Waals surface area contributed by atoms with Crippen LogP contribution in [0.5, 0.6) is 5.75 Å². The highest BCUT2D eigenvalue weighted by atomic mass is 19.1. The molecule has 6 heteroatoms. The highest BCUT2D eigenvalue weighted by Crippen LogP contribution is 2.32. The van der Waals surface area contributed by atoms with Crippen molar-refractivity contribution >= 4 is 5.97 Å². The first-order valence-electron chi connectivity index (χ1n) is 6.43. The zero-order valence-electron chi connectivity index (χ0n) is 11.2. The Morgan fingerprint density at radius 3 is 2.64 bits per heavy atom. The minimum Gasteiger partial charge on any atom is -0.507 e. The van der Waals surface area contributed by atoms with E-state index in [1.165, 1.54) is 30.3 Å². The molecule has 3 N–H and O–H groups in total. The molecule has 0 radical (unpaired) electrons. The SMILES string of the molecule is O=C(O)c1cccc(-c2cc(-c3c(O)cccc3F)[nH]n2)c1. The first kappa shape index (κ1) is 13.8. The molecule has 22 heavy (non-hydrogen) atoms. The molecule has 0 atom stereocenters. The number of carbonyl (C=O) groups is 1. The van der Waals surface area contributed by atoms with Crippen molar-refractivity contribution in [1.82, 2.24) is 10.2 Å². The van der Waals surface area contributed by atoms with E-state index in [9.17, 15) is 14.3 Å². The van der Waals surface area contributed by atoms with Gasteiger partial charge >= 0.3 is 5.97 Å². The maximum atomic E-state index is 13.8. The highest BCUT2D eigenvalue weighted by molar-refractivity contribution is 5.89. The average Bonchev–Trinajstić information content (AvgIpc) is 2.97. The summed E-state index contributed by atoms with van der Waals surface area (Å²) in [7, 11) is 0. The number of hydrogen-bond donors (Lipinski definition) is 3. The minimum absolute atomic E-state index is 0.0237. The van der Waals surface area contributed by atoms with Crippen LogP contribution in [0.3, 0.4) is 0 Å². The van der Waals surface area contributed by atoms with Gasteiger partial charge in [-0.2, -0.15) is 5.10 Å². The zero-order chi connectivity index (χ0) is 15.7. The Labute approximate surface area is 124 Å². The van der Waals surface area contributed by atoms with Gasteiger partial charge in [0.15, 0.2) is 0 Å². The molecule has 0 bridgehead atoms. The number of hydrogen-bond acceptors (Lipinski definition) is 3. The quantitative estimate of drug-likeness (QED) is 0.692. The van der Waals surface area contributed by atoms with E-state index in [1.807, 2.05) is 0 Å². The van der Waals surface area contributed by atoms with Crippen molar-refractivity contribution in [3.63, 3.8) is 0 Å². The molecule has 3 rings (SSSR count). The van der Waals surface area contributed by atoms with Gasteiger partial charge in [-0.1, -0.05) is 18.2 Å². The molecule has 0 aliphatic rings. The fourth-order valence-corrected chi connectivity index (χ4v) is 2.19. The third-order valence-electron chi connectivity index (χ3n) is 3.24. The second kappa shape index (κ2) is 5.33. The van der Waals surface area contributed by atoms with E-state index in [0.717, 1.165) is 0 Å². The molecule has 0 aliphatic carbocycles. The summed E-state index contributed by atoms with van der Waals surface area (Å²) < 4.78 is 13.8. The Hall–Kier alpha value is -3.15. The second-order valence-electron chi connectivity index (χ2n) is 4.69. The molecule has 0 unspecified atom stereocenters. The van der Waals surface area contributed by atoms with E-state index >= 15 is 0 Å². The number of phenols is 1. The van der Waals surface area contributed by atoms with Crippen LogP contribution >= 0.6 is 0 Å². The van der Waals surface area contributed by atoms with E-state index in [-0.39, 0.29) is 16.9 Å². The molecule has 2 aromatic carbocycles. The van der Waals surface area contributed by atoms with Crippen molar-refractivity contribution in [3.8, 4) is 28.3 Å². The molecule has 0 saturated carbocycles. The number of carboxylic acid groups (broad SMARTS) is 1. The van der Waals surface area contributed by atoms with Crippen molar-refractivity contribution in [3.05, 3.63) is 59.9 Å². The normalized spacial score (nSPS) is 10.6. The summed E-state index contributed by atoms with van der Waals surface area (Å²) in [5.74, 6) is -1.81. The summed E-state index contributed by atoms with van der Waals surface area (Å²) in [5.41, 5.74) is 1.51. The maximum absolute atomic E-state index is 13.8. The maximum Gasteiger partial charge on any atom is 0.335 e. The molecule has 5 nitrogen and oxygen atoms in total. The van der Waals surface area contributed by atoms with Gasteiger partial charge in [0.05, 0.1) is 22.5 Å². The van der Waals surface area contributed by atoms with Gasteiger partial charge in [-0.05, 0) is 30.3 Å². The summed E-state index contributed by atoms with van der Waals surface area (Å²) in [6, 6.07) is 11.8. The molecule has 110 valence electrons. The van der Waals surface area contributed by atoms with Crippen molar-refractivity contribution in [2.24, 2.45) is 0 Å². The van der Waals surface area contributed by atoms with Gasteiger partial charge in [0.1, 0.15) is 11.6 Å². The third kappa shape index (κ3) is 2.42. The largest absolute Gasteiger partial charge is 0.507 e. The predicted octanol–water partition coefficient (Wildman–Crippen LogP) is 3.29. The number of halogens is 1. The summed E-state index contributed by atoms with van der Waals surface area (Å²) in [4.78, 5) is 11.0. The van der Waals surface area contributed by atoms with E-state index in [0.29, 0.717) is 17.0 Å². The van der Waals surface area contributed by atoms with Crippen LogP contribution in [0.25, 0.3) is 22.5 Å². The summed E-state index contributed by atoms with van der Waals surface area (Å²) in [5, 5.41) is 25.5. The van der Waals surface area contributed by atoms with Crippen LogP contribution in [0, 0.1) is 5.82 Å². The first-order valence-corrected chi connectivity index (χ1v) is 6.43. The Kier molecular flexibility index (Phi) is 3.34. The second-order valence-corrected chi connectivity index (χ2v) is 4.69. The smallest absolute Gasteiger partial charge is 0.335 e. The van der Waals surface area contributed by atoms with E-state index in [4.69, 9.17) is 5.11 Å². The number of aromatic carboxylic acids is 1. The number of nitrogens with one attached hydrogen (secondary N) is 1. The van der Waals surface area contributed by atoms with Crippen LogP contribution in [-0.4, -0.2) is 26.4 Å². The van der Waals surface area contributed by atoms with E-state index in [1.54, 1.807) is 18.2 Å². The Morgan fingerprint density at radius 2 is 1.91 bits per heavy atom. The van der Waals surface area contributed by atoms with E-state index in [2.05, 4.69) is 10.2 Å². The molecular formula is C16H11FN2O3. The molecule has 1 heterocycles. The lowest BCUT2D eigenvalue weighted by molar-refractivity contribution is 0.0697. The fourth-order valence-electron chi connectivity index (χ4n) is 2.19. The van der Waals surface area contributed by atoms with Crippen LogP contribution in [0.4, 0.5) is 4.39 Å². The number of aromatic nitrogens is 2. The van der Waals surface area contributed by atoms with Crippen molar-refractivity contribution in [2.45, 2.75) is 0 Å². The number of carboxylic acids is 1. The molecule has 0 amide bonds. The number of benzene rings is 2. The van der Waals surface area contributed by atoms with E-state index < -0.39 is 11.8 Å². The van der Waals surface area contributed by atoms with Crippen molar-refractivity contribution in [2.75, 3.05) is 0 Å². The topological polar surface area (TPSA) is 86.2 Å². The highest BCUT2D eigenvalue weighted by Gasteiger charge is 2.14. The molecule has 3 aromatic rings. The number of aromatic amines is 1. The Morgan fingerprint density at radius 1 is 1.14 bits per heavy atom. The molecule has 0 saturated heterocycles. The van der Waals surface area contributed by atoms with Gasteiger partial charge < -0.3 is 10.2 Å². The summed E-state index contributed by atoms with van der Waals surface area (Å²) >= 11 is 0. The van der Waals surface area contributed by atoms with Crippen LogP contribution in [-0.2, 0) is 0 Å². The van der Waals surface area contributed by atoms with Gasteiger partial charge in [-0.15, -0.1) is 0 Å². The zero-order valence-corrected chi connectivity index (χ0v) is 11.2.